The first-order valence-corrected chi connectivity index (χ1v) is 13.3. The van der Waals surface area contributed by atoms with Gasteiger partial charge in [-0.05, 0) is 33.1 Å². The molecule has 2 atom stereocenters. The van der Waals surface area contributed by atoms with E-state index in [1.54, 1.807) is 0 Å². The van der Waals surface area contributed by atoms with E-state index in [0.717, 1.165) is 13.0 Å². The predicted octanol–water partition coefficient (Wildman–Crippen LogP) is 4.86. The lowest BCUT2D eigenvalue weighted by Crippen LogP contribution is -2.47. The number of nitro groups is 1. The summed E-state index contributed by atoms with van der Waals surface area (Å²) in [5.41, 5.74) is -1.72. The summed E-state index contributed by atoms with van der Waals surface area (Å²) in [5.74, 6) is -5.58. The predicted molar refractivity (Wildman–Crippen MR) is 143 cm³/mol. The SMILES string of the molecule is C=CCC=C(F)/C(=C(\C)F)S(=O)(=O)C(C#N)C(=NCC)/C(=C\N=C)[N+](=O)[O-].CC.CC(F)(F)C1CNCCO1. The Bertz CT molecular complexity index is 1100. The van der Waals surface area contributed by atoms with E-state index in [-0.39, 0.29) is 19.5 Å². The average molecular weight is 582 g/mol. The molecule has 0 radical (unpaired) electrons. The van der Waals surface area contributed by atoms with Crippen LogP contribution in [0.15, 0.2) is 57.2 Å². The quantitative estimate of drug-likeness (QED) is 0.0915. The van der Waals surface area contributed by atoms with Gasteiger partial charge in [0, 0.05) is 26.6 Å². The molecule has 39 heavy (non-hydrogen) atoms. The van der Waals surface area contributed by atoms with Crippen LogP contribution in [0.4, 0.5) is 17.6 Å². The summed E-state index contributed by atoms with van der Waals surface area (Å²) in [4.78, 5) is 15.7. The van der Waals surface area contributed by atoms with Crippen LogP contribution in [0.2, 0.25) is 0 Å². The van der Waals surface area contributed by atoms with Crippen LogP contribution >= 0.6 is 0 Å². The minimum absolute atomic E-state index is 0.105. The highest BCUT2D eigenvalue weighted by Gasteiger charge is 2.42. The number of aliphatic imine (C=N–C) groups is 2. The van der Waals surface area contributed by atoms with E-state index in [1.165, 1.54) is 19.1 Å². The lowest BCUT2D eigenvalue weighted by Gasteiger charge is -2.27. The maximum Gasteiger partial charge on any atom is 0.310 e. The van der Waals surface area contributed by atoms with Crippen LogP contribution in [0.3, 0.4) is 0 Å². The fourth-order valence-electron chi connectivity index (χ4n) is 2.82. The van der Waals surface area contributed by atoms with Crippen LogP contribution in [0, 0.1) is 21.4 Å². The summed E-state index contributed by atoms with van der Waals surface area (Å²) in [6.45, 7) is 14.5. The summed E-state index contributed by atoms with van der Waals surface area (Å²) in [6, 6.07) is 1.33. The molecule has 1 aliphatic rings. The molecule has 0 spiro atoms. The van der Waals surface area contributed by atoms with Crippen LogP contribution in [0.5, 0.6) is 0 Å². The lowest BCUT2D eigenvalue weighted by molar-refractivity contribution is -0.415. The topological polar surface area (TPSA) is 147 Å². The smallest absolute Gasteiger partial charge is 0.310 e. The first-order valence-electron chi connectivity index (χ1n) is 11.7. The fraction of sp³-hybridized carbons (Fsp3) is 0.542. The third-order valence-corrected chi connectivity index (χ3v) is 6.44. The zero-order chi connectivity index (χ0) is 30.8. The van der Waals surface area contributed by atoms with Crippen molar-refractivity contribution in [3.63, 3.8) is 0 Å². The highest BCUT2D eigenvalue weighted by Crippen LogP contribution is 2.29. The number of nitriles is 1. The number of sulfone groups is 1. The molecular formula is C24H35F4N5O5S. The average Bonchev–Trinajstić information content (AvgIpc) is 2.87. The third kappa shape index (κ3) is 12.5. The molecule has 1 fully saturated rings. The van der Waals surface area contributed by atoms with E-state index in [0.29, 0.717) is 26.3 Å². The first kappa shape index (κ1) is 37.9. The summed E-state index contributed by atoms with van der Waals surface area (Å²) >= 11 is 0. The molecular weight excluding hydrogens is 546 g/mol. The van der Waals surface area contributed by atoms with Crippen LogP contribution in [-0.2, 0) is 14.6 Å². The number of ether oxygens (including phenoxy) is 1. The van der Waals surface area contributed by atoms with Crippen LogP contribution in [-0.4, -0.2) is 69.3 Å². The van der Waals surface area contributed by atoms with Gasteiger partial charge in [-0.25, -0.2) is 26.0 Å². The van der Waals surface area contributed by atoms with Gasteiger partial charge in [0.15, 0.2) is 0 Å². The third-order valence-electron chi connectivity index (χ3n) is 4.45. The van der Waals surface area contributed by atoms with E-state index in [9.17, 15) is 41.4 Å². The van der Waals surface area contributed by atoms with Crippen molar-refractivity contribution in [2.75, 3.05) is 26.2 Å². The molecule has 1 rings (SSSR count). The van der Waals surface area contributed by atoms with Gasteiger partial charge in [-0.1, -0.05) is 19.9 Å². The number of alkyl halides is 2. The Morgan fingerprint density at radius 2 is 1.97 bits per heavy atom. The van der Waals surface area contributed by atoms with Crippen molar-refractivity contribution in [2.45, 2.75) is 58.3 Å². The number of halogens is 4. The molecule has 0 aromatic rings. The fourth-order valence-corrected chi connectivity index (χ4v) is 4.44. The van der Waals surface area contributed by atoms with Gasteiger partial charge in [-0.3, -0.25) is 20.1 Å². The van der Waals surface area contributed by atoms with Crippen molar-refractivity contribution in [1.29, 1.82) is 5.26 Å². The molecule has 0 amide bonds. The monoisotopic (exact) mass is 581 g/mol. The van der Waals surface area contributed by atoms with Gasteiger partial charge in [-0.15, -0.1) is 6.58 Å². The number of morpholine rings is 1. The van der Waals surface area contributed by atoms with Gasteiger partial charge >= 0.3 is 5.70 Å². The van der Waals surface area contributed by atoms with Crippen molar-refractivity contribution >= 4 is 22.3 Å². The molecule has 15 heteroatoms. The second kappa shape index (κ2) is 18.9. The number of nitrogens with zero attached hydrogens (tertiary/aromatic N) is 4. The highest BCUT2D eigenvalue weighted by atomic mass is 32.2. The molecule has 1 saturated heterocycles. The largest absolute Gasteiger partial charge is 0.369 e. The van der Waals surface area contributed by atoms with Gasteiger partial charge in [0.05, 0.1) is 17.6 Å². The molecule has 0 bridgehead atoms. The van der Waals surface area contributed by atoms with Gasteiger partial charge < -0.3 is 10.1 Å². The molecule has 0 aliphatic carbocycles. The zero-order valence-corrected chi connectivity index (χ0v) is 23.4. The Morgan fingerprint density at radius 3 is 2.31 bits per heavy atom. The second-order valence-corrected chi connectivity index (χ2v) is 9.30. The van der Waals surface area contributed by atoms with Crippen molar-refractivity contribution in [2.24, 2.45) is 9.98 Å². The summed E-state index contributed by atoms with van der Waals surface area (Å²) in [6.07, 6.45) is 1.55. The molecule has 220 valence electrons. The number of hydrogen-bond donors (Lipinski definition) is 1. The van der Waals surface area contributed by atoms with Crippen molar-refractivity contribution in [3.8, 4) is 6.07 Å². The maximum atomic E-state index is 14.3. The van der Waals surface area contributed by atoms with Crippen molar-refractivity contribution in [1.82, 2.24) is 5.32 Å². The standard InChI is InChI=1S/C16H18F2N4O4S.C6H11F2NO.C2H6/c1-5-7-8-12(18)16(11(3)17)27(25,26)14(9-19)15(21-6-2)13(10-20-4)22(23)24;1-6(7,8)5-4-9-2-3-10-5;1-2/h5,8,10,14H,1,4,6-7H2,2-3H3;5,9H,2-4H2,1H3;1-2H3/b12-8?,13-10+,16-11-,21-15?;;. The van der Waals surface area contributed by atoms with Gasteiger partial charge in [0.2, 0.25) is 15.1 Å². The van der Waals surface area contributed by atoms with E-state index < -0.39 is 60.0 Å². The van der Waals surface area contributed by atoms with E-state index in [1.807, 2.05) is 13.8 Å². The Morgan fingerprint density at radius 1 is 1.38 bits per heavy atom. The number of nitrogens with one attached hydrogen (secondary N) is 1. The Hall–Kier alpha value is -3.22. The molecule has 1 N–H and O–H groups in total. The van der Waals surface area contributed by atoms with Crippen molar-refractivity contribution in [3.05, 3.63) is 57.3 Å². The first-order chi connectivity index (χ1) is 18.2. The Kier molecular flexibility index (Phi) is 18.4. The Labute approximate surface area is 226 Å². The number of hydrogen-bond acceptors (Lipinski definition) is 9. The zero-order valence-electron chi connectivity index (χ0n) is 22.6. The molecule has 1 heterocycles. The van der Waals surface area contributed by atoms with Crippen molar-refractivity contribution < 1.29 is 35.6 Å². The van der Waals surface area contributed by atoms with E-state index in [2.05, 4.69) is 28.6 Å². The normalized spacial score (nSPS) is 18.2. The molecule has 0 aromatic heterocycles. The molecule has 10 nitrogen and oxygen atoms in total. The minimum atomic E-state index is -5.03. The van der Waals surface area contributed by atoms with Crippen LogP contribution in [0.1, 0.15) is 41.0 Å². The molecule has 0 saturated carbocycles. The second-order valence-electron chi connectivity index (χ2n) is 7.33. The maximum absolute atomic E-state index is 14.3. The highest BCUT2D eigenvalue weighted by molar-refractivity contribution is 7.97. The summed E-state index contributed by atoms with van der Waals surface area (Å²) in [7, 11) is -5.03. The van der Waals surface area contributed by atoms with E-state index >= 15 is 0 Å². The summed E-state index contributed by atoms with van der Waals surface area (Å²) < 4.78 is 83.3. The molecule has 0 aromatic carbocycles. The number of rotatable bonds is 11. The van der Waals surface area contributed by atoms with Crippen LogP contribution < -0.4 is 5.32 Å². The van der Waals surface area contributed by atoms with Gasteiger partial charge in [0.25, 0.3) is 5.92 Å². The van der Waals surface area contributed by atoms with Gasteiger partial charge in [-0.2, -0.15) is 5.26 Å². The van der Waals surface area contributed by atoms with E-state index in [4.69, 9.17) is 4.74 Å². The minimum Gasteiger partial charge on any atom is -0.369 e. The Balaban J connectivity index is 0. The van der Waals surface area contributed by atoms with Gasteiger partial charge in [0.1, 0.15) is 34.6 Å². The number of allylic oxidation sites excluding steroid dienone is 5. The molecule has 1 aliphatic heterocycles. The molecule has 2 unspecified atom stereocenters. The summed E-state index contributed by atoms with van der Waals surface area (Å²) in [5, 5.41) is 21.1. The lowest BCUT2D eigenvalue weighted by atomic mass is 10.2. The van der Waals surface area contributed by atoms with Crippen LogP contribution in [0.25, 0.3) is 0 Å².